The standard InChI is InChI=1S/C18H16N4O3S/c23-18(17-12-19-15-4-1-2-5-16(15)21-17)20-13-6-8-14(9-7-13)22-10-3-11-26(22,24)25/h1-2,4-9,12H,3,10-11H2,(H,20,23). The van der Waals surface area contributed by atoms with E-state index in [0.29, 0.717) is 29.9 Å². The van der Waals surface area contributed by atoms with Crippen LogP contribution in [0.3, 0.4) is 0 Å². The van der Waals surface area contributed by atoms with E-state index in [9.17, 15) is 13.2 Å². The van der Waals surface area contributed by atoms with Crippen LogP contribution in [0.15, 0.2) is 54.7 Å². The number of amides is 1. The Balaban J connectivity index is 1.52. The molecule has 2 aromatic carbocycles. The molecule has 1 aliphatic heterocycles. The van der Waals surface area contributed by atoms with Crippen LogP contribution >= 0.6 is 0 Å². The predicted molar refractivity (Wildman–Crippen MR) is 99.7 cm³/mol. The first kappa shape index (κ1) is 16.5. The number of para-hydroxylation sites is 2. The Hall–Kier alpha value is -3.00. The first-order chi connectivity index (χ1) is 12.5. The maximum atomic E-state index is 12.4. The Bertz CT molecular complexity index is 1080. The van der Waals surface area contributed by atoms with Gasteiger partial charge in [-0.1, -0.05) is 12.1 Å². The number of aromatic nitrogens is 2. The van der Waals surface area contributed by atoms with Gasteiger partial charge in [-0.05, 0) is 42.8 Å². The lowest BCUT2D eigenvalue weighted by molar-refractivity contribution is 0.102. The van der Waals surface area contributed by atoms with Crippen LogP contribution in [0.5, 0.6) is 0 Å². The van der Waals surface area contributed by atoms with Crippen molar-refractivity contribution < 1.29 is 13.2 Å². The lowest BCUT2D eigenvalue weighted by Crippen LogP contribution is -2.25. The van der Waals surface area contributed by atoms with Crippen molar-refractivity contribution in [2.24, 2.45) is 0 Å². The van der Waals surface area contributed by atoms with E-state index in [1.165, 1.54) is 10.5 Å². The Morgan fingerprint density at radius 1 is 1.04 bits per heavy atom. The molecule has 1 N–H and O–H groups in total. The molecule has 8 heteroatoms. The second-order valence-electron chi connectivity index (χ2n) is 5.99. The number of sulfonamides is 1. The molecule has 0 bridgehead atoms. The molecular formula is C18H16N4O3S. The topological polar surface area (TPSA) is 92.3 Å². The van der Waals surface area contributed by atoms with Crippen LogP contribution in [0.4, 0.5) is 11.4 Å². The summed E-state index contributed by atoms with van der Waals surface area (Å²) in [7, 11) is -3.21. The molecule has 2 heterocycles. The normalized spacial score (nSPS) is 15.9. The number of benzene rings is 2. The SMILES string of the molecule is O=C(Nc1ccc(N2CCCS2(=O)=O)cc1)c1cnc2ccccc2n1. The highest BCUT2D eigenvalue weighted by Crippen LogP contribution is 2.25. The Morgan fingerprint density at radius 2 is 1.77 bits per heavy atom. The third kappa shape index (κ3) is 3.11. The summed E-state index contributed by atoms with van der Waals surface area (Å²) in [6.07, 6.45) is 2.06. The fourth-order valence-electron chi connectivity index (χ4n) is 2.90. The lowest BCUT2D eigenvalue weighted by atomic mass is 10.2. The van der Waals surface area contributed by atoms with Crippen molar-refractivity contribution >= 4 is 38.3 Å². The van der Waals surface area contributed by atoms with Crippen molar-refractivity contribution in [2.75, 3.05) is 21.9 Å². The van der Waals surface area contributed by atoms with Gasteiger partial charge in [-0.3, -0.25) is 14.1 Å². The average molecular weight is 368 g/mol. The van der Waals surface area contributed by atoms with E-state index in [2.05, 4.69) is 15.3 Å². The van der Waals surface area contributed by atoms with Crippen LogP contribution in [-0.4, -0.2) is 36.6 Å². The summed E-state index contributed by atoms with van der Waals surface area (Å²) in [4.78, 5) is 20.9. The van der Waals surface area contributed by atoms with Gasteiger partial charge in [0, 0.05) is 12.2 Å². The number of nitrogens with zero attached hydrogens (tertiary/aromatic N) is 3. The van der Waals surface area contributed by atoms with E-state index >= 15 is 0 Å². The Labute approximate surface area is 150 Å². The number of hydrogen-bond donors (Lipinski definition) is 1. The van der Waals surface area contributed by atoms with Crippen LogP contribution in [0.2, 0.25) is 0 Å². The maximum absolute atomic E-state index is 12.4. The second kappa shape index (κ2) is 6.38. The quantitative estimate of drug-likeness (QED) is 0.766. The van der Waals surface area contributed by atoms with Crippen LogP contribution in [0.1, 0.15) is 16.9 Å². The van der Waals surface area contributed by atoms with Gasteiger partial charge >= 0.3 is 0 Å². The molecule has 4 rings (SSSR count). The van der Waals surface area contributed by atoms with Crippen LogP contribution in [-0.2, 0) is 10.0 Å². The monoisotopic (exact) mass is 368 g/mol. The maximum Gasteiger partial charge on any atom is 0.275 e. The van der Waals surface area contributed by atoms with Gasteiger partial charge in [0.2, 0.25) is 10.0 Å². The first-order valence-electron chi connectivity index (χ1n) is 8.16. The zero-order valence-corrected chi connectivity index (χ0v) is 14.6. The zero-order chi connectivity index (χ0) is 18.1. The summed E-state index contributed by atoms with van der Waals surface area (Å²) in [5, 5.41) is 2.75. The molecule has 0 saturated carbocycles. The van der Waals surface area contributed by atoms with Crippen molar-refractivity contribution in [1.29, 1.82) is 0 Å². The van der Waals surface area contributed by atoms with Gasteiger partial charge in [0.05, 0.1) is 28.7 Å². The molecule has 1 amide bonds. The van der Waals surface area contributed by atoms with Crippen molar-refractivity contribution in [3.63, 3.8) is 0 Å². The zero-order valence-electron chi connectivity index (χ0n) is 13.8. The fourth-order valence-corrected chi connectivity index (χ4v) is 4.47. The molecule has 7 nitrogen and oxygen atoms in total. The number of fused-ring (bicyclic) bond motifs is 1. The average Bonchev–Trinajstić information content (AvgIpc) is 3.01. The minimum absolute atomic E-state index is 0.173. The molecule has 3 aromatic rings. The largest absolute Gasteiger partial charge is 0.321 e. The van der Waals surface area contributed by atoms with E-state index in [-0.39, 0.29) is 17.4 Å². The Morgan fingerprint density at radius 3 is 2.46 bits per heavy atom. The van der Waals surface area contributed by atoms with E-state index in [4.69, 9.17) is 0 Å². The molecule has 132 valence electrons. The number of rotatable bonds is 3. The van der Waals surface area contributed by atoms with Crippen molar-refractivity contribution in [1.82, 2.24) is 9.97 Å². The van der Waals surface area contributed by atoms with E-state index in [1.807, 2.05) is 18.2 Å². The van der Waals surface area contributed by atoms with Gasteiger partial charge in [0.1, 0.15) is 5.69 Å². The van der Waals surface area contributed by atoms with Gasteiger partial charge < -0.3 is 5.32 Å². The van der Waals surface area contributed by atoms with Gasteiger partial charge in [-0.25, -0.2) is 13.4 Å². The molecule has 0 aliphatic carbocycles. The summed E-state index contributed by atoms with van der Waals surface area (Å²) >= 11 is 0. The number of carbonyl (C=O) groups is 1. The van der Waals surface area contributed by atoms with Crippen LogP contribution in [0, 0.1) is 0 Å². The number of carbonyl (C=O) groups excluding carboxylic acids is 1. The van der Waals surface area contributed by atoms with E-state index in [1.54, 1.807) is 30.3 Å². The lowest BCUT2D eigenvalue weighted by Gasteiger charge is -2.17. The van der Waals surface area contributed by atoms with Gasteiger partial charge in [-0.15, -0.1) is 0 Å². The third-order valence-corrected chi connectivity index (χ3v) is 6.06. The second-order valence-corrected chi connectivity index (χ2v) is 8.00. The molecule has 0 atom stereocenters. The molecule has 1 saturated heterocycles. The molecule has 26 heavy (non-hydrogen) atoms. The summed E-state index contributed by atoms with van der Waals surface area (Å²) in [6.45, 7) is 0.487. The molecule has 0 unspecified atom stereocenters. The molecule has 1 aliphatic rings. The first-order valence-corrected chi connectivity index (χ1v) is 9.77. The molecule has 0 spiro atoms. The van der Waals surface area contributed by atoms with Crippen LogP contribution < -0.4 is 9.62 Å². The summed E-state index contributed by atoms with van der Waals surface area (Å²) in [5.41, 5.74) is 2.75. The number of anilines is 2. The van der Waals surface area contributed by atoms with Gasteiger partial charge in [0.25, 0.3) is 5.91 Å². The molecule has 1 aromatic heterocycles. The summed E-state index contributed by atoms with van der Waals surface area (Å²) in [5.74, 6) is -0.198. The minimum atomic E-state index is -3.21. The Kier molecular flexibility index (Phi) is 4.04. The molecule has 0 radical (unpaired) electrons. The summed E-state index contributed by atoms with van der Waals surface area (Å²) in [6, 6.07) is 14.0. The van der Waals surface area contributed by atoms with Crippen molar-refractivity contribution in [3.05, 3.63) is 60.4 Å². The van der Waals surface area contributed by atoms with Crippen molar-refractivity contribution in [2.45, 2.75) is 6.42 Å². The third-order valence-electron chi connectivity index (χ3n) is 4.19. The highest BCUT2D eigenvalue weighted by molar-refractivity contribution is 7.93. The van der Waals surface area contributed by atoms with Gasteiger partial charge in [-0.2, -0.15) is 0 Å². The van der Waals surface area contributed by atoms with E-state index < -0.39 is 10.0 Å². The molecular weight excluding hydrogens is 352 g/mol. The smallest absolute Gasteiger partial charge is 0.275 e. The fraction of sp³-hybridized carbons (Fsp3) is 0.167. The van der Waals surface area contributed by atoms with Crippen LogP contribution in [0.25, 0.3) is 11.0 Å². The molecule has 1 fully saturated rings. The summed E-state index contributed by atoms with van der Waals surface area (Å²) < 4.78 is 25.3. The van der Waals surface area contributed by atoms with Gasteiger partial charge in [0.15, 0.2) is 0 Å². The number of nitrogens with one attached hydrogen (secondary N) is 1. The van der Waals surface area contributed by atoms with E-state index in [0.717, 1.165) is 5.52 Å². The predicted octanol–water partition coefficient (Wildman–Crippen LogP) is 2.42. The highest BCUT2D eigenvalue weighted by Gasteiger charge is 2.28. The highest BCUT2D eigenvalue weighted by atomic mass is 32.2. The van der Waals surface area contributed by atoms with Crippen molar-refractivity contribution in [3.8, 4) is 0 Å². The minimum Gasteiger partial charge on any atom is -0.321 e. The number of hydrogen-bond acceptors (Lipinski definition) is 5.